The van der Waals surface area contributed by atoms with Gasteiger partial charge >= 0.3 is 0 Å². The molecular formula is C6H6N4O. The second kappa shape index (κ2) is 2.87. The molecule has 0 unspecified atom stereocenters. The highest BCUT2D eigenvalue weighted by atomic mass is 16.1. The van der Waals surface area contributed by atoms with Crippen LogP contribution in [0.2, 0.25) is 0 Å². The zero-order chi connectivity index (χ0) is 8.27. The van der Waals surface area contributed by atoms with Crippen molar-refractivity contribution in [2.24, 2.45) is 4.99 Å². The van der Waals surface area contributed by atoms with Crippen LogP contribution in [0.3, 0.4) is 0 Å². The first-order valence-corrected chi connectivity index (χ1v) is 2.83. The molecule has 0 radical (unpaired) electrons. The smallest absolute Gasteiger partial charge is 0.295 e. The number of nitrogens with zero attached hydrogens (tertiary/aromatic N) is 3. The Labute approximate surface area is 63.0 Å². The Kier molecular flexibility index (Phi) is 1.91. The fourth-order valence-corrected chi connectivity index (χ4v) is 0.574. The Balaban J connectivity index is 3.05. The maximum Gasteiger partial charge on any atom is 0.295 e. The molecule has 1 aromatic heterocycles. The fourth-order valence-electron chi connectivity index (χ4n) is 0.574. The van der Waals surface area contributed by atoms with Crippen LogP contribution in [0, 0.1) is 0 Å². The molecule has 0 saturated carbocycles. The van der Waals surface area contributed by atoms with Crippen molar-refractivity contribution >= 4 is 18.6 Å². The highest BCUT2D eigenvalue weighted by Gasteiger charge is 2.03. The van der Waals surface area contributed by atoms with E-state index in [0.29, 0.717) is 0 Å². The molecule has 0 fully saturated rings. The van der Waals surface area contributed by atoms with E-state index in [9.17, 15) is 4.79 Å². The van der Waals surface area contributed by atoms with Crippen molar-refractivity contribution in [1.29, 1.82) is 0 Å². The van der Waals surface area contributed by atoms with Crippen molar-refractivity contribution in [2.75, 3.05) is 5.73 Å². The van der Waals surface area contributed by atoms with Gasteiger partial charge in [0.05, 0.1) is 0 Å². The van der Waals surface area contributed by atoms with Crippen molar-refractivity contribution in [3.05, 3.63) is 18.0 Å². The van der Waals surface area contributed by atoms with Crippen LogP contribution >= 0.6 is 0 Å². The van der Waals surface area contributed by atoms with Gasteiger partial charge in [-0.05, 0) is 12.8 Å². The van der Waals surface area contributed by atoms with Gasteiger partial charge in [-0.3, -0.25) is 4.79 Å². The summed E-state index contributed by atoms with van der Waals surface area (Å²) in [6.07, 6.45) is 1.39. The number of rotatable bonds is 1. The summed E-state index contributed by atoms with van der Waals surface area (Å²) < 4.78 is 0. The van der Waals surface area contributed by atoms with Crippen LogP contribution in [-0.2, 0) is 0 Å². The second-order valence-electron chi connectivity index (χ2n) is 1.76. The number of nitrogens with two attached hydrogens (primary N) is 1. The largest absolute Gasteiger partial charge is 0.368 e. The molecule has 2 N–H and O–H groups in total. The Morgan fingerprint density at radius 3 is 3.00 bits per heavy atom. The number of hydrogen-bond acceptors (Lipinski definition) is 4. The highest BCUT2D eigenvalue weighted by Crippen LogP contribution is 1.97. The predicted molar refractivity (Wildman–Crippen MR) is 40.3 cm³/mol. The SMILES string of the molecule is C=NC(=O)c1ccnc(N)n1. The normalized spacial score (nSPS) is 9.09. The zero-order valence-electron chi connectivity index (χ0n) is 5.69. The first kappa shape index (κ1) is 7.33. The molecule has 5 heteroatoms. The van der Waals surface area contributed by atoms with Crippen LogP contribution in [0.15, 0.2) is 17.3 Å². The van der Waals surface area contributed by atoms with Crippen LogP contribution in [0.5, 0.6) is 0 Å². The van der Waals surface area contributed by atoms with E-state index in [2.05, 4.69) is 21.7 Å². The average Bonchev–Trinajstić information content (AvgIpc) is 2.03. The summed E-state index contributed by atoms with van der Waals surface area (Å²) in [6.45, 7) is 3.07. The Hall–Kier alpha value is -1.78. The first-order valence-electron chi connectivity index (χ1n) is 2.83. The number of carbonyl (C=O) groups is 1. The molecule has 11 heavy (non-hydrogen) atoms. The summed E-state index contributed by atoms with van der Waals surface area (Å²) in [5.74, 6) is -0.446. The van der Waals surface area contributed by atoms with Crippen LogP contribution in [0.4, 0.5) is 5.95 Å². The van der Waals surface area contributed by atoms with Gasteiger partial charge in [0.1, 0.15) is 5.69 Å². The summed E-state index contributed by atoms with van der Waals surface area (Å²) in [7, 11) is 0. The van der Waals surface area contributed by atoms with Crippen LogP contribution in [0.25, 0.3) is 0 Å². The summed E-state index contributed by atoms with van der Waals surface area (Å²) >= 11 is 0. The number of nitrogen functional groups attached to an aromatic ring is 1. The van der Waals surface area contributed by atoms with Gasteiger partial charge in [0.25, 0.3) is 5.91 Å². The average molecular weight is 150 g/mol. The lowest BCUT2D eigenvalue weighted by molar-refractivity contribution is 0.0999. The maximum absolute atomic E-state index is 10.8. The van der Waals surface area contributed by atoms with Gasteiger partial charge in [0.15, 0.2) is 0 Å². The van der Waals surface area contributed by atoms with E-state index in [0.717, 1.165) is 0 Å². The molecule has 0 bridgehead atoms. The molecule has 56 valence electrons. The summed E-state index contributed by atoms with van der Waals surface area (Å²) in [6, 6.07) is 1.42. The van der Waals surface area contributed by atoms with Gasteiger partial charge in [-0.15, -0.1) is 0 Å². The molecule has 0 aliphatic carbocycles. The van der Waals surface area contributed by atoms with E-state index in [4.69, 9.17) is 5.73 Å². The molecule has 1 amide bonds. The molecule has 5 nitrogen and oxygen atoms in total. The van der Waals surface area contributed by atoms with Crippen LogP contribution < -0.4 is 5.73 Å². The molecule has 0 spiro atoms. The minimum absolute atomic E-state index is 0.0551. The minimum atomic E-state index is -0.501. The van der Waals surface area contributed by atoms with Crippen LogP contribution in [-0.4, -0.2) is 22.6 Å². The number of anilines is 1. The number of aromatic nitrogens is 2. The quantitative estimate of drug-likeness (QED) is 0.567. The number of hydrogen-bond donors (Lipinski definition) is 1. The van der Waals surface area contributed by atoms with Crippen molar-refractivity contribution in [1.82, 2.24) is 9.97 Å². The molecule has 0 aliphatic heterocycles. The van der Waals surface area contributed by atoms with E-state index >= 15 is 0 Å². The molecule has 0 atom stereocenters. The van der Waals surface area contributed by atoms with E-state index in [1.165, 1.54) is 12.3 Å². The predicted octanol–water partition coefficient (Wildman–Crippen LogP) is -0.100. The Morgan fingerprint density at radius 2 is 2.45 bits per heavy atom. The van der Waals surface area contributed by atoms with E-state index < -0.39 is 5.91 Å². The van der Waals surface area contributed by atoms with Crippen molar-refractivity contribution in [3.63, 3.8) is 0 Å². The summed E-state index contributed by atoms with van der Waals surface area (Å²) in [5, 5.41) is 0. The van der Waals surface area contributed by atoms with Gasteiger partial charge in [-0.2, -0.15) is 0 Å². The Morgan fingerprint density at radius 1 is 1.73 bits per heavy atom. The third-order valence-electron chi connectivity index (χ3n) is 1.04. The Bertz CT molecular complexity index is 296. The minimum Gasteiger partial charge on any atom is -0.368 e. The van der Waals surface area contributed by atoms with Crippen molar-refractivity contribution < 1.29 is 4.79 Å². The number of amides is 1. The number of carbonyl (C=O) groups excluding carboxylic acids is 1. The molecule has 1 rings (SSSR count). The summed E-state index contributed by atoms with van der Waals surface area (Å²) in [5.41, 5.74) is 5.37. The fraction of sp³-hybridized carbons (Fsp3) is 0. The standard InChI is InChI=1S/C6H6N4O/c1-8-5(11)4-2-3-9-6(7)10-4/h2-3H,1H2,(H2,7,9,10). The van der Waals surface area contributed by atoms with E-state index in [1.807, 2.05) is 0 Å². The lowest BCUT2D eigenvalue weighted by Gasteiger charge is -1.93. The second-order valence-corrected chi connectivity index (χ2v) is 1.76. The van der Waals surface area contributed by atoms with Gasteiger partial charge in [0, 0.05) is 6.20 Å². The molecule has 1 heterocycles. The third-order valence-corrected chi connectivity index (χ3v) is 1.04. The summed E-state index contributed by atoms with van der Waals surface area (Å²) in [4.78, 5) is 21.2. The first-order chi connectivity index (χ1) is 5.24. The topological polar surface area (TPSA) is 81.2 Å². The maximum atomic E-state index is 10.8. The van der Waals surface area contributed by atoms with Gasteiger partial charge in [-0.1, -0.05) is 0 Å². The number of aliphatic imine (C=N–C) groups is 1. The van der Waals surface area contributed by atoms with Crippen molar-refractivity contribution in [2.45, 2.75) is 0 Å². The van der Waals surface area contributed by atoms with Crippen molar-refractivity contribution in [3.8, 4) is 0 Å². The molecule has 0 aromatic carbocycles. The monoisotopic (exact) mass is 150 g/mol. The molecular weight excluding hydrogens is 144 g/mol. The van der Waals surface area contributed by atoms with Gasteiger partial charge in [-0.25, -0.2) is 15.0 Å². The van der Waals surface area contributed by atoms with Crippen LogP contribution in [0.1, 0.15) is 10.5 Å². The van der Waals surface area contributed by atoms with Gasteiger partial charge in [0.2, 0.25) is 5.95 Å². The van der Waals surface area contributed by atoms with E-state index in [-0.39, 0.29) is 11.6 Å². The molecule has 0 aliphatic rings. The third kappa shape index (κ3) is 1.57. The lowest BCUT2D eigenvalue weighted by Crippen LogP contribution is -2.02. The van der Waals surface area contributed by atoms with Gasteiger partial charge < -0.3 is 5.73 Å². The zero-order valence-corrected chi connectivity index (χ0v) is 5.69. The lowest BCUT2D eigenvalue weighted by atomic mass is 10.4. The highest BCUT2D eigenvalue weighted by molar-refractivity contribution is 5.95. The molecule has 0 saturated heterocycles. The van der Waals surface area contributed by atoms with E-state index in [1.54, 1.807) is 0 Å². The molecule has 1 aromatic rings.